The summed E-state index contributed by atoms with van der Waals surface area (Å²) in [6.07, 6.45) is 8.52. The van der Waals surface area contributed by atoms with Crippen molar-refractivity contribution in [1.82, 2.24) is 20.1 Å². The summed E-state index contributed by atoms with van der Waals surface area (Å²) in [6, 6.07) is 4.52. The largest absolute Gasteiger partial charge is 0.341 e. The number of carbonyl (C=O) groups is 2. The molecule has 1 aromatic rings. The number of amides is 2. The van der Waals surface area contributed by atoms with E-state index in [0.717, 1.165) is 38.9 Å². The van der Waals surface area contributed by atoms with Gasteiger partial charge in [-0.2, -0.15) is 0 Å². The third-order valence-corrected chi connectivity index (χ3v) is 5.82. The van der Waals surface area contributed by atoms with Crippen LogP contribution in [0.1, 0.15) is 42.5 Å². The Morgan fingerprint density at radius 1 is 0.960 bits per heavy atom. The first-order valence-electron chi connectivity index (χ1n) is 9.45. The van der Waals surface area contributed by atoms with E-state index in [1.807, 2.05) is 9.80 Å². The van der Waals surface area contributed by atoms with E-state index in [0.29, 0.717) is 24.2 Å². The molecule has 0 spiro atoms. The van der Waals surface area contributed by atoms with Gasteiger partial charge in [0.25, 0.3) is 5.91 Å². The first kappa shape index (κ1) is 16.5. The summed E-state index contributed by atoms with van der Waals surface area (Å²) in [5.74, 6) is 0.189. The number of nitrogens with zero attached hydrogens (tertiary/aromatic N) is 3. The summed E-state index contributed by atoms with van der Waals surface area (Å²) >= 11 is 0. The van der Waals surface area contributed by atoms with Crippen LogP contribution < -0.4 is 5.32 Å². The van der Waals surface area contributed by atoms with E-state index in [2.05, 4.69) is 10.3 Å². The second-order valence-electron chi connectivity index (χ2n) is 7.54. The van der Waals surface area contributed by atoms with Gasteiger partial charge in [-0.15, -0.1) is 0 Å². The molecule has 6 nitrogen and oxygen atoms in total. The van der Waals surface area contributed by atoms with Crippen LogP contribution in [0.25, 0.3) is 0 Å². The SMILES string of the molecule is O=C(c1ccncc1)N1CCCC(C(=O)N2CCC3CCC(C2)N3)C1. The lowest BCUT2D eigenvalue weighted by molar-refractivity contribution is -0.137. The molecule has 1 N–H and O–H groups in total. The number of hydrogen-bond donors (Lipinski definition) is 1. The Hall–Kier alpha value is -1.95. The van der Waals surface area contributed by atoms with Gasteiger partial charge in [0.1, 0.15) is 0 Å². The van der Waals surface area contributed by atoms with Crippen LogP contribution in [0.15, 0.2) is 24.5 Å². The number of carbonyl (C=O) groups excluding carboxylic acids is 2. The molecule has 3 unspecified atom stereocenters. The highest BCUT2D eigenvalue weighted by Gasteiger charge is 2.35. The second kappa shape index (κ2) is 7.12. The summed E-state index contributed by atoms with van der Waals surface area (Å²) < 4.78 is 0. The van der Waals surface area contributed by atoms with E-state index in [4.69, 9.17) is 0 Å². The quantitative estimate of drug-likeness (QED) is 0.879. The van der Waals surface area contributed by atoms with Crippen LogP contribution in [0.4, 0.5) is 0 Å². The monoisotopic (exact) mass is 342 g/mol. The van der Waals surface area contributed by atoms with Crippen molar-refractivity contribution in [3.05, 3.63) is 30.1 Å². The Labute approximate surface area is 148 Å². The van der Waals surface area contributed by atoms with Crippen molar-refractivity contribution in [3.63, 3.8) is 0 Å². The van der Waals surface area contributed by atoms with E-state index < -0.39 is 0 Å². The van der Waals surface area contributed by atoms with Crippen molar-refractivity contribution in [2.75, 3.05) is 26.2 Å². The van der Waals surface area contributed by atoms with E-state index in [-0.39, 0.29) is 17.7 Å². The molecule has 0 aromatic carbocycles. The molecule has 3 atom stereocenters. The summed E-state index contributed by atoms with van der Waals surface area (Å²) in [7, 11) is 0. The van der Waals surface area contributed by atoms with Crippen LogP contribution in [0, 0.1) is 5.92 Å². The number of hydrogen-bond acceptors (Lipinski definition) is 4. The molecule has 6 heteroatoms. The number of pyridine rings is 1. The highest BCUT2D eigenvalue weighted by molar-refractivity contribution is 5.94. The highest BCUT2D eigenvalue weighted by Crippen LogP contribution is 2.25. The van der Waals surface area contributed by atoms with Crippen LogP contribution in [0.3, 0.4) is 0 Å². The van der Waals surface area contributed by atoms with Gasteiger partial charge in [-0.1, -0.05) is 0 Å². The Bertz CT molecular complexity index is 636. The molecule has 2 amide bonds. The predicted molar refractivity (Wildman–Crippen MR) is 94.0 cm³/mol. The Kier molecular flexibility index (Phi) is 4.70. The minimum atomic E-state index is -0.0591. The molecule has 4 heterocycles. The molecule has 3 fully saturated rings. The Morgan fingerprint density at radius 2 is 1.76 bits per heavy atom. The van der Waals surface area contributed by atoms with Gasteiger partial charge in [-0.05, 0) is 44.2 Å². The zero-order chi connectivity index (χ0) is 17.2. The normalized spacial score (nSPS) is 29.4. The van der Waals surface area contributed by atoms with Gasteiger partial charge in [0.2, 0.25) is 5.91 Å². The number of likely N-dealkylation sites (tertiary alicyclic amines) is 2. The maximum absolute atomic E-state index is 13.0. The van der Waals surface area contributed by atoms with Crippen LogP contribution >= 0.6 is 0 Å². The van der Waals surface area contributed by atoms with Gasteiger partial charge >= 0.3 is 0 Å². The third-order valence-electron chi connectivity index (χ3n) is 5.82. The molecule has 2 bridgehead atoms. The Balaban J connectivity index is 1.40. The number of piperidine rings is 1. The molecule has 25 heavy (non-hydrogen) atoms. The molecule has 3 aliphatic rings. The van der Waals surface area contributed by atoms with Crippen molar-refractivity contribution in [2.24, 2.45) is 5.92 Å². The molecule has 0 aliphatic carbocycles. The lowest BCUT2D eigenvalue weighted by Gasteiger charge is -2.35. The van der Waals surface area contributed by atoms with Gasteiger partial charge in [-0.25, -0.2) is 0 Å². The van der Waals surface area contributed by atoms with Crippen LogP contribution in [0.5, 0.6) is 0 Å². The van der Waals surface area contributed by atoms with Crippen molar-refractivity contribution in [2.45, 2.75) is 44.2 Å². The number of rotatable bonds is 2. The molecule has 4 rings (SSSR count). The molecule has 1 aromatic heterocycles. The maximum atomic E-state index is 13.0. The lowest BCUT2D eigenvalue weighted by atomic mass is 9.95. The average molecular weight is 342 g/mol. The average Bonchev–Trinajstić information content (AvgIpc) is 3.00. The third kappa shape index (κ3) is 3.54. The van der Waals surface area contributed by atoms with Crippen LogP contribution in [-0.4, -0.2) is 64.9 Å². The zero-order valence-corrected chi connectivity index (χ0v) is 14.6. The standard InChI is InChI=1S/C19H26N4O2/c24-18(14-5-8-20-9-6-14)22-10-1-2-15(12-22)19(25)23-11-7-16-3-4-17(13-23)21-16/h5-6,8-9,15-17,21H,1-4,7,10-13H2. The predicted octanol–water partition coefficient (Wildman–Crippen LogP) is 1.29. The van der Waals surface area contributed by atoms with Gasteiger partial charge in [-0.3, -0.25) is 14.6 Å². The molecule has 134 valence electrons. The van der Waals surface area contributed by atoms with Crippen LogP contribution in [-0.2, 0) is 4.79 Å². The van der Waals surface area contributed by atoms with Crippen molar-refractivity contribution in [3.8, 4) is 0 Å². The van der Waals surface area contributed by atoms with E-state index in [1.54, 1.807) is 24.5 Å². The highest BCUT2D eigenvalue weighted by atomic mass is 16.2. The summed E-state index contributed by atoms with van der Waals surface area (Å²) in [4.78, 5) is 33.6. The van der Waals surface area contributed by atoms with Crippen LogP contribution in [0.2, 0.25) is 0 Å². The minimum Gasteiger partial charge on any atom is -0.341 e. The lowest BCUT2D eigenvalue weighted by Crippen LogP contribution is -2.48. The van der Waals surface area contributed by atoms with E-state index >= 15 is 0 Å². The van der Waals surface area contributed by atoms with E-state index in [1.165, 1.54) is 12.8 Å². The fourth-order valence-corrected chi connectivity index (χ4v) is 4.44. The fraction of sp³-hybridized carbons (Fsp3) is 0.632. The van der Waals surface area contributed by atoms with Gasteiger partial charge < -0.3 is 15.1 Å². The summed E-state index contributed by atoms with van der Waals surface area (Å²) in [5, 5.41) is 3.62. The number of aromatic nitrogens is 1. The fourth-order valence-electron chi connectivity index (χ4n) is 4.44. The second-order valence-corrected chi connectivity index (χ2v) is 7.54. The molecular weight excluding hydrogens is 316 g/mol. The topological polar surface area (TPSA) is 65.5 Å². The zero-order valence-electron chi connectivity index (χ0n) is 14.6. The maximum Gasteiger partial charge on any atom is 0.253 e. The summed E-state index contributed by atoms with van der Waals surface area (Å²) in [6.45, 7) is 2.95. The smallest absolute Gasteiger partial charge is 0.253 e. The van der Waals surface area contributed by atoms with E-state index in [9.17, 15) is 9.59 Å². The molecule has 3 saturated heterocycles. The molecule has 3 aliphatic heterocycles. The molecular formula is C19H26N4O2. The van der Waals surface area contributed by atoms with Gasteiger partial charge in [0, 0.05) is 56.2 Å². The summed E-state index contributed by atoms with van der Waals surface area (Å²) in [5.41, 5.74) is 0.652. The number of fused-ring (bicyclic) bond motifs is 2. The Morgan fingerprint density at radius 3 is 2.60 bits per heavy atom. The number of nitrogens with one attached hydrogen (secondary N) is 1. The van der Waals surface area contributed by atoms with Crippen molar-refractivity contribution in [1.29, 1.82) is 0 Å². The van der Waals surface area contributed by atoms with Crippen molar-refractivity contribution < 1.29 is 9.59 Å². The molecule has 0 radical (unpaired) electrons. The molecule has 0 saturated carbocycles. The first-order chi connectivity index (χ1) is 12.2. The van der Waals surface area contributed by atoms with Gasteiger partial charge in [0.15, 0.2) is 0 Å². The van der Waals surface area contributed by atoms with Gasteiger partial charge in [0.05, 0.1) is 5.92 Å². The minimum absolute atomic E-state index is 0.0106. The first-order valence-corrected chi connectivity index (χ1v) is 9.45. The van der Waals surface area contributed by atoms with Crippen molar-refractivity contribution >= 4 is 11.8 Å².